The number of aliphatic imine (C=N–C) groups is 1. The lowest BCUT2D eigenvalue weighted by atomic mass is 9.90. The number of amidine groups is 1. The fourth-order valence-electron chi connectivity index (χ4n) is 4.60. The Morgan fingerprint density at radius 3 is 2.59 bits per heavy atom. The number of nitrogens with zero attached hydrogens (tertiary/aromatic N) is 4. The molecule has 2 aliphatic rings. The molecule has 180 valence electrons. The van der Waals surface area contributed by atoms with E-state index in [1.807, 2.05) is 13.1 Å². The van der Waals surface area contributed by atoms with E-state index in [1.54, 1.807) is 6.92 Å². The molecule has 1 amide bonds. The van der Waals surface area contributed by atoms with Crippen molar-refractivity contribution in [1.29, 1.82) is 5.26 Å². The maximum atomic E-state index is 15.0. The molecule has 0 radical (unpaired) electrons. The Balaban J connectivity index is 1.65. The van der Waals surface area contributed by atoms with Crippen LogP contribution in [0, 0.1) is 17.1 Å². The van der Waals surface area contributed by atoms with Gasteiger partial charge in [-0.05, 0) is 57.1 Å². The molecule has 11 heteroatoms. The van der Waals surface area contributed by atoms with E-state index in [0.717, 1.165) is 0 Å². The molecule has 3 heterocycles. The Kier molecular flexibility index (Phi) is 6.12. The predicted molar refractivity (Wildman–Crippen MR) is 129 cm³/mol. The molecule has 1 saturated heterocycles. The number of hydrogen-bond acceptors (Lipinski definition) is 8. The molecule has 34 heavy (non-hydrogen) atoms. The van der Waals surface area contributed by atoms with E-state index >= 15 is 0 Å². The van der Waals surface area contributed by atoms with Gasteiger partial charge in [0.2, 0.25) is 0 Å². The molecular formula is C23H27FN6O3S. The van der Waals surface area contributed by atoms with Crippen LogP contribution in [0.1, 0.15) is 41.4 Å². The first-order chi connectivity index (χ1) is 16.0. The molecule has 9 nitrogen and oxygen atoms in total. The molecule has 1 atom stereocenters. The Morgan fingerprint density at radius 1 is 1.29 bits per heavy atom. The van der Waals surface area contributed by atoms with E-state index in [4.69, 9.17) is 11.0 Å². The second-order valence-electron chi connectivity index (χ2n) is 9.07. The fraction of sp³-hybridized carbons (Fsp3) is 0.391. The zero-order valence-electron chi connectivity index (χ0n) is 19.0. The standard InChI is InChI=1S/C23H27FN6O3S/c1-22(14-34(32,33)23(21(26)29-22)7-9-30(2)10-8-23)17-11-16(4-5-18(17)24)28-20(31)19-6-3-15(12-25)13-27-19/h3-6,11,13,32-33H,7-10,14H2,1-2H3,(H2,26,29)(H,28,31)/t22-/m0/s1. The summed E-state index contributed by atoms with van der Waals surface area (Å²) in [6.07, 6.45) is 2.22. The van der Waals surface area contributed by atoms with Gasteiger partial charge in [-0.25, -0.2) is 9.37 Å². The summed E-state index contributed by atoms with van der Waals surface area (Å²) in [4.78, 5) is 23.2. The van der Waals surface area contributed by atoms with Gasteiger partial charge < -0.3 is 16.0 Å². The number of halogens is 1. The van der Waals surface area contributed by atoms with E-state index in [-0.39, 0.29) is 22.8 Å². The second-order valence-corrected chi connectivity index (χ2v) is 11.5. The van der Waals surface area contributed by atoms with Crippen molar-refractivity contribution in [3.05, 3.63) is 59.2 Å². The molecule has 4 rings (SSSR count). The first-order valence-corrected chi connectivity index (χ1v) is 12.5. The second kappa shape index (κ2) is 8.63. The summed E-state index contributed by atoms with van der Waals surface area (Å²) in [7, 11) is -1.29. The van der Waals surface area contributed by atoms with Crippen molar-refractivity contribution in [3.8, 4) is 6.07 Å². The van der Waals surface area contributed by atoms with Gasteiger partial charge in [0.05, 0.1) is 11.3 Å². The van der Waals surface area contributed by atoms with Crippen molar-refractivity contribution in [3.63, 3.8) is 0 Å². The number of pyridine rings is 1. The van der Waals surface area contributed by atoms with Crippen LogP contribution in [0.3, 0.4) is 0 Å². The highest BCUT2D eigenvalue weighted by atomic mass is 32.3. The minimum absolute atomic E-state index is 0.0920. The Hall–Kier alpha value is -3.04. The number of nitriles is 1. The first-order valence-electron chi connectivity index (χ1n) is 10.8. The summed E-state index contributed by atoms with van der Waals surface area (Å²) >= 11 is 0. The lowest BCUT2D eigenvalue weighted by molar-refractivity contribution is 0.102. The highest BCUT2D eigenvalue weighted by Crippen LogP contribution is 2.63. The monoisotopic (exact) mass is 486 g/mol. The van der Waals surface area contributed by atoms with Crippen LogP contribution >= 0.6 is 10.6 Å². The van der Waals surface area contributed by atoms with E-state index in [2.05, 4.69) is 20.2 Å². The van der Waals surface area contributed by atoms with Gasteiger partial charge in [-0.2, -0.15) is 15.9 Å². The van der Waals surface area contributed by atoms with E-state index in [1.165, 1.54) is 36.5 Å². The number of nitrogens with two attached hydrogens (primary N) is 1. The molecule has 2 aromatic rings. The molecule has 2 aliphatic heterocycles. The van der Waals surface area contributed by atoms with Crippen LogP contribution in [0.4, 0.5) is 10.1 Å². The van der Waals surface area contributed by atoms with Gasteiger partial charge in [-0.3, -0.25) is 18.9 Å². The number of aromatic nitrogens is 1. The number of piperidine rings is 1. The average Bonchev–Trinajstić information content (AvgIpc) is 2.79. The average molecular weight is 487 g/mol. The molecule has 1 fully saturated rings. The third kappa shape index (κ3) is 4.14. The number of rotatable bonds is 3. The zero-order chi connectivity index (χ0) is 24.7. The molecule has 1 aromatic heterocycles. The quantitative estimate of drug-likeness (QED) is 0.521. The lowest BCUT2D eigenvalue weighted by Gasteiger charge is -2.58. The number of carbonyl (C=O) groups is 1. The van der Waals surface area contributed by atoms with Crippen molar-refractivity contribution in [1.82, 2.24) is 9.88 Å². The lowest BCUT2D eigenvalue weighted by Crippen LogP contribution is -2.59. The summed E-state index contributed by atoms with van der Waals surface area (Å²) in [6, 6.07) is 8.84. The summed E-state index contributed by atoms with van der Waals surface area (Å²) in [5, 5.41) is 11.5. The summed E-state index contributed by atoms with van der Waals surface area (Å²) in [5.74, 6) is -1.17. The Bertz CT molecular complexity index is 1190. The van der Waals surface area contributed by atoms with Crippen LogP contribution in [0.2, 0.25) is 0 Å². The molecule has 0 saturated carbocycles. The third-order valence-corrected chi connectivity index (χ3v) is 9.50. The van der Waals surface area contributed by atoms with Crippen molar-refractivity contribution in [2.75, 3.05) is 31.2 Å². The van der Waals surface area contributed by atoms with Gasteiger partial charge in [0, 0.05) is 30.5 Å². The maximum Gasteiger partial charge on any atom is 0.274 e. The smallest absolute Gasteiger partial charge is 0.274 e. The van der Waals surface area contributed by atoms with Crippen molar-refractivity contribution >= 4 is 28.0 Å². The summed E-state index contributed by atoms with van der Waals surface area (Å²) < 4.78 is 36.4. The predicted octanol–water partition coefficient (Wildman–Crippen LogP) is 3.15. The minimum atomic E-state index is -3.25. The van der Waals surface area contributed by atoms with E-state index in [9.17, 15) is 18.3 Å². The largest absolute Gasteiger partial charge is 0.386 e. The molecule has 0 bridgehead atoms. The number of benzene rings is 1. The number of nitrogens with one attached hydrogen (secondary N) is 1. The molecule has 0 aliphatic carbocycles. The molecule has 1 spiro atoms. The van der Waals surface area contributed by atoms with Gasteiger partial charge in [0.15, 0.2) is 0 Å². The van der Waals surface area contributed by atoms with Crippen molar-refractivity contribution in [2.24, 2.45) is 10.7 Å². The van der Waals surface area contributed by atoms with Crippen LogP contribution in [-0.4, -0.2) is 61.4 Å². The van der Waals surface area contributed by atoms with Crippen LogP contribution in [0.5, 0.6) is 0 Å². The van der Waals surface area contributed by atoms with Crippen molar-refractivity contribution in [2.45, 2.75) is 30.1 Å². The highest BCUT2D eigenvalue weighted by Gasteiger charge is 2.55. The van der Waals surface area contributed by atoms with E-state index in [0.29, 0.717) is 37.2 Å². The number of likely N-dealkylation sites (tertiary alicyclic amines) is 1. The summed E-state index contributed by atoms with van der Waals surface area (Å²) in [5.41, 5.74) is 5.84. The molecular weight excluding hydrogens is 459 g/mol. The number of amides is 1. The molecule has 1 aromatic carbocycles. The number of hydrogen-bond donors (Lipinski definition) is 4. The normalized spacial score (nSPS) is 24.6. The number of carbonyl (C=O) groups excluding carboxylic acids is 1. The van der Waals surface area contributed by atoms with Crippen LogP contribution in [-0.2, 0) is 5.54 Å². The molecule has 0 unspecified atom stereocenters. The van der Waals surface area contributed by atoms with E-state index < -0.39 is 32.6 Å². The third-order valence-electron chi connectivity index (χ3n) is 6.67. The van der Waals surface area contributed by atoms with Gasteiger partial charge in [-0.15, -0.1) is 0 Å². The first kappa shape index (κ1) is 24.1. The topological polar surface area (TPSA) is 148 Å². The SMILES string of the molecule is CN1CCC2(CC1)C(N)=N[C@](C)(c1cc(NC(=O)c3ccc(C#N)cn3)ccc1F)CS2(O)O. The van der Waals surface area contributed by atoms with Gasteiger partial charge >= 0.3 is 0 Å². The van der Waals surface area contributed by atoms with Gasteiger partial charge in [0.25, 0.3) is 5.91 Å². The summed E-state index contributed by atoms with van der Waals surface area (Å²) in [6.45, 7) is 2.92. The fourth-order valence-corrected chi connectivity index (χ4v) is 7.10. The number of anilines is 1. The Morgan fingerprint density at radius 2 is 2.00 bits per heavy atom. The van der Waals surface area contributed by atoms with Crippen LogP contribution in [0.25, 0.3) is 0 Å². The zero-order valence-corrected chi connectivity index (χ0v) is 19.8. The minimum Gasteiger partial charge on any atom is -0.386 e. The van der Waals surface area contributed by atoms with Crippen molar-refractivity contribution < 1.29 is 18.3 Å². The van der Waals surface area contributed by atoms with Crippen LogP contribution < -0.4 is 11.1 Å². The highest BCUT2D eigenvalue weighted by molar-refractivity contribution is 8.26. The van der Waals surface area contributed by atoms with Crippen LogP contribution in [0.15, 0.2) is 41.5 Å². The van der Waals surface area contributed by atoms with Gasteiger partial charge in [0.1, 0.15) is 33.7 Å². The maximum absolute atomic E-state index is 15.0. The molecule has 5 N–H and O–H groups in total. The van der Waals surface area contributed by atoms with Gasteiger partial charge in [-0.1, -0.05) is 0 Å². The Labute approximate surface area is 198 Å².